The molecule has 2 aliphatic heterocycles. The molecule has 3 atom stereocenters. The van der Waals surface area contributed by atoms with Gasteiger partial charge in [0.25, 0.3) is 5.91 Å². The third-order valence-electron chi connectivity index (χ3n) is 5.09. The minimum atomic E-state index is -0.0534. The summed E-state index contributed by atoms with van der Waals surface area (Å²) >= 11 is 1.63. The number of hydrogen-bond donors (Lipinski definition) is 1. The highest BCUT2D eigenvalue weighted by Gasteiger charge is 2.44. The SMILES string of the molecule is Cn1nccc1C(=O)N1C[C@@H]2C[C@@H](CC(=O)NCc3cccs3)O[C@@H]2C1. The van der Waals surface area contributed by atoms with Crippen molar-refractivity contribution in [1.82, 2.24) is 20.0 Å². The molecule has 1 N–H and O–H groups in total. The topological polar surface area (TPSA) is 76.5 Å². The van der Waals surface area contributed by atoms with E-state index in [1.165, 1.54) is 0 Å². The summed E-state index contributed by atoms with van der Waals surface area (Å²) in [7, 11) is 1.77. The van der Waals surface area contributed by atoms with E-state index in [9.17, 15) is 9.59 Å². The fraction of sp³-hybridized carbons (Fsp3) is 0.500. The monoisotopic (exact) mass is 374 g/mol. The average Bonchev–Trinajstić information content (AvgIpc) is 3.36. The number of likely N-dealkylation sites (tertiary alicyclic amines) is 1. The van der Waals surface area contributed by atoms with E-state index < -0.39 is 0 Å². The molecule has 0 unspecified atom stereocenters. The second-order valence-electron chi connectivity index (χ2n) is 6.90. The normalized spacial score (nSPS) is 24.7. The van der Waals surface area contributed by atoms with E-state index in [0.717, 1.165) is 11.3 Å². The first kappa shape index (κ1) is 17.2. The van der Waals surface area contributed by atoms with Gasteiger partial charge >= 0.3 is 0 Å². The van der Waals surface area contributed by atoms with E-state index in [1.807, 2.05) is 22.4 Å². The molecule has 2 aromatic heterocycles. The number of thiophene rings is 1. The summed E-state index contributed by atoms with van der Waals surface area (Å²) in [5.74, 6) is 0.321. The summed E-state index contributed by atoms with van der Waals surface area (Å²) in [6.45, 7) is 1.84. The smallest absolute Gasteiger partial charge is 0.272 e. The van der Waals surface area contributed by atoms with Crippen LogP contribution in [0, 0.1) is 5.92 Å². The Morgan fingerprint density at radius 3 is 2.96 bits per heavy atom. The van der Waals surface area contributed by atoms with Gasteiger partial charge in [-0.1, -0.05) is 6.07 Å². The fourth-order valence-corrected chi connectivity index (χ4v) is 4.43. The fourth-order valence-electron chi connectivity index (χ4n) is 3.78. The number of rotatable bonds is 5. The number of carbonyl (C=O) groups is 2. The lowest BCUT2D eigenvalue weighted by atomic mass is 10.0. The molecular formula is C18H22N4O3S. The zero-order chi connectivity index (χ0) is 18.1. The third-order valence-corrected chi connectivity index (χ3v) is 5.97. The van der Waals surface area contributed by atoms with E-state index in [0.29, 0.717) is 37.7 Å². The number of carbonyl (C=O) groups excluding carboxylic acids is 2. The number of ether oxygens (including phenoxy) is 1. The van der Waals surface area contributed by atoms with Gasteiger partial charge in [-0.2, -0.15) is 5.10 Å². The van der Waals surface area contributed by atoms with Gasteiger partial charge in [0.1, 0.15) is 5.69 Å². The van der Waals surface area contributed by atoms with Crippen LogP contribution in [0.25, 0.3) is 0 Å². The van der Waals surface area contributed by atoms with Crippen LogP contribution in [-0.4, -0.2) is 51.8 Å². The molecule has 0 saturated carbocycles. The van der Waals surface area contributed by atoms with Gasteiger partial charge in [0.2, 0.25) is 5.91 Å². The highest BCUT2D eigenvalue weighted by molar-refractivity contribution is 7.09. The van der Waals surface area contributed by atoms with E-state index in [4.69, 9.17) is 4.74 Å². The number of aromatic nitrogens is 2. The van der Waals surface area contributed by atoms with Crippen LogP contribution in [0.2, 0.25) is 0 Å². The number of nitrogens with one attached hydrogen (secondary N) is 1. The molecule has 0 radical (unpaired) electrons. The van der Waals surface area contributed by atoms with Gasteiger partial charge in [-0.15, -0.1) is 11.3 Å². The van der Waals surface area contributed by atoms with Crippen molar-refractivity contribution in [3.8, 4) is 0 Å². The standard InChI is InChI=1S/C18H22N4O3S/c1-21-15(4-5-20-21)18(24)22-10-12-7-13(25-16(12)11-22)8-17(23)19-9-14-3-2-6-26-14/h2-6,12-13,16H,7-11H2,1H3,(H,19,23)/t12-,13-,16+/m0/s1. The van der Waals surface area contributed by atoms with Gasteiger partial charge in [0.15, 0.2) is 0 Å². The molecule has 2 aromatic rings. The minimum Gasteiger partial charge on any atom is -0.372 e. The van der Waals surface area contributed by atoms with Crippen molar-refractivity contribution in [2.24, 2.45) is 13.0 Å². The zero-order valence-corrected chi connectivity index (χ0v) is 15.4. The first-order valence-electron chi connectivity index (χ1n) is 8.82. The molecule has 2 saturated heterocycles. The van der Waals surface area contributed by atoms with E-state index in [-0.39, 0.29) is 24.0 Å². The molecule has 2 fully saturated rings. The maximum absolute atomic E-state index is 12.6. The number of nitrogens with zero attached hydrogens (tertiary/aromatic N) is 3. The van der Waals surface area contributed by atoms with E-state index in [2.05, 4.69) is 10.4 Å². The Kier molecular flexibility index (Phi) is 4.78. The van der Waals surface area contributed by atoms with Gasteiger partial charge in [-0.3, -0.25) is 14.3 Å². The molecule has 4 rings (SSSR count). The molecule has 0 aromatic carbocycles. The maximum Gasteiger partial charge on any atom is 0.272 e. The van der Waals surface area contributed by atoms with Gasteiger partial charge in [-0.05, 0) is 23.9 Å². The van der Waals surface area contributed by atoms with Crippen LogP contribution in [0.4, 0.5) is 0 Å². The second-order valence-corrected chi connectivity index (χ2v) is 7.93. The van der Waals surface area contributed by atoms with Crippen molar-refractivity contribution < 1.29 is 14.3 Å². The lowest BCUT2D eigenvalue weighted by Gasteiger charge is -2.19. The highest BCUT2D eigenvalue weighted by Crippen LogP contribution is 2.34. The molecule has 4 heterocycles. The Morgan fingerprint density at radius 2 is 2.27 bits per heavy atom. The van der Waals surface area contributed by atoms with Gasteiger partial charge < -0.3 is 15.0 Å². The molecule has 2 amide bonds. The Morgan fingerprint density at radius 1 is 1.38 bits per heavy atom. The number of amides is 2. The molecule has 26 heavy (non-hydrogen) atoms. The Hall–Kier alpha value is -2.19. The van der Waals surface area contributed by atoms with Crippen LogP contribution in [0.1, 0.15) is 28.2 Å². The lowest BCUT2D eigenvalue weighted by molar-refractivity contribution is -0.123. The van der Waals surface area contributed by atoms with Crippen molar-refractivity contribution in [2.75, 3.05) is 13.1 Å². The maximum atomic E-state index is 12.6. The quantitative estimate of drug-likeness (QED) is 0.859. The summed E-state index contributed by atoms with van der Waals surface area (Å²) in [4.78, 5) is 27.7. The Balaban J connectivity index is 1.25. The first-order valence-corrected chi connectivity index (χ1v) is 9.70. The molecule has 0 aliphatic carbocycles. The molecule has 0 spiro atoms. The summed E-state index contributed by atoms with van der Waals surface area (Å²) < 4.78 is 7.64. The molecular weight excluding hydrogens is 352 g/mol. The Labute approximate surface area is 155 Å². The number of aryl methyl sites for hydroxylation is 1. The summed E-state index contributed by atoms with van der Waals surface area (Å²) in [5.41, 5.74) is 0.592. The number of fused-ring (bicyclic) bond motifs is 1. The predicted molar refractivity (Wildman–Crippen MR) is 96.7 cm³/mol. The minimum absolute atomic E-state index is 0.00626. The molecule has 8 heteroatoms. The van der Waals surface area contributed by atoms with Gasteiger partial charge in [0, 0.05) is 37.1 Å². The van der Waals surface area contributed by atoms with Crippen LogP contribution < -0.4 is 5.32 Å². The van der Waals surface area contributed by atoms with Crippen LogP contribution >= 0.6 is 11.3 Å². The van der Waals surface area contributed by atoms with Crippen LogP contribution in [0.3, 0.4) is 0 Å². The molecule has 2 aliphatic rings. The van der Waals surface area contributed by atoms with E-state index in [1.54, 1.807) is 35.3 Å². The van der Waals surface area contributed by atoms with Crippen molar-refractivity contribution in [3.05, 3.63) is 40.3 Å². The molecule has 0 bridgehead atoms. The largest absolute Gasteiger partial charge is 0.372 e. The van der Waals surface area contributed by atoms with Crippen molar-refractivity contribution in [3.63, 3.8) is 0 Å². The van der Waals surface area contributed by atoms with Crippen LogP contribution in [-0.2, 0) is 23.1 Å². The van der Waals surface area contributed by atoms with Gasteiger partial charge in [-0.25, -0.2) is 0 Å². The first-order chi connectivity index (χ1) is 12.6. The van der Waals surface area contributed by atoms with E-state index >= 15 is 0 Å². The third kappa shape index (κ3) is 3.52. The molecule has 138 valence electrons. The van der Waals surface area contributed by atoms with Crippen LogP contribution in [0.15, 0.2) is 29.8 Å². The predicted octanol–water partition coefficient (Wildman–Crippen LogP) is 1.42. The lowest BCUT2D eigenvalue weighted by Crippen LogP contribution is -2.33. The average molecular weight is 374 g/mol. The summed E-state index contributed by atoms with van der Waals surface area (Å²) in [6.07, 6.45) is 2.82. The highest BCUT2D eigenvalue weighted by atomic mass is 32.1. The summed E-state index contributed by atoms with van der Waals surface area (Å²) in [5, 5.41) is 9.00. The van der Waals surface area contributed by atoms with Crippen molar-refractivity contribution in [1.29, 1.82) is 0 Å². The van der Waals surface area contributed by atoms with Gasteiger partial charge in [0.05, 0.1) is 25.2 Å². The molecule has 7 nitrogen and oxygen atoms in total. The van der Waals surface area contributed by atoms with Crippen molar-refractivity contribution >= 4 is 23.2 Å². The summed E-state index contributed by atoms with van der Waals surface area (Å²) in [6, 6.07) is 5.72. The van der Waals surface area contributed by atoms with Crippen LogP contribution in [0.5, 0.6) is 0 Å². The number of hydrogen-bond acceptors (Lipinski definition) is 5. The van der Waals surface area contributed by atoms with Crippen molar-refractivity contribution in [2.45, 2.75) is 31.6 Å². The Bertz CT molecular complexity index is 774. The zero-order valence-electron chi connectivity index (χ0n) is 14.6. The second kappa shape index (κ2) is 7.20.